The molecule has 1 aromatic heterocycles. The first-order chi connectivity index (χ1) is 10.3. The number of aromatic nitrogens is 2. The van der Waals surface area contributed by atoms with E-state index in [1.165, 1.54) is 29.9 Å². The van der Waals surface area contributed by atoms with E-state index in [-0.39, 0.29) is 0 Å². The van der Waals surface area contributed by atoms with Crippen molar-refractivity contribution in [3.05, 3.63) is 42.2 Å². The molecule has 3 rings (SSSR count). The van der Waals surface area contributed by atoms with Crippen LogP contribution < -0.4 is 10.1 Å². The smallest absolute Gasteiger partial charge is 0.121 e. The molecule has 1 saturated heterocycles. The Morgan fingerprint density at radius 3 is 3.24 bits per heavy atom. The van der Waals surface area contributed by atoms with Gasteiger partial charge in [0.15, 0.2) is 0 Å². The van der Waals surface area contributed by atoms with Gasteiger partial charge in [0.05, 0.1) is 19.0 Å². The monoisotopic (exact) mass is 303 g/mol. The van der Waals surface area contributed by atoms with E-state index < -0.39 is 0 Å². The number of hydrogen-bond donors (Lipinski definition) is 1. The van der Waals surface area contributed by atoms with Gasteiger partial charge in [-0.15, -0.1) is 0 Å². The van der Waals surface area contributed by atoms with Crippen LogP contribution in [-0.4, -0.2) is 34.4 Å². The first kappa shape index (κ1) is 14.5. The molecular weight excluding hydrogens is 282 g/mol. The maximum atomic E-state index is 5.25. The second-order valence-corrected chi connectivity index (χ2v) is 6.44. The van der Waals surface area contributed by atoms with Crippen molar-refractivity contribution in [2.24, 2.45) is 0 Å². The van der Waals surface area contributed by atoms with Gasteiger partial charge in [-0.05, 0) is 30.7 Å². The summed E-state index contributed by atoms with van der Waals surface area (Å²) in [4.78, 5) is 0. The number of ether oxygens (including phenoxy) is 1. The predicted molar refractivity (Wildman–Crippen MR) is 87.3 cm³/mol. The Morgan fingerprint density at radius 2 is 2.43 bits per heavy atom. The highest BCUT2D eigenvalue weighted by molar-refractivity contribution is 7.99. The third-order valence-corrected chi connectivity index (χ3v) is 4.92. The molecule has 4 nitrogen and oxygen atoms in total. The van der Waals surface area contributed by atoms with Crippen molar-refractivity contribution >= 4 is 11.8 Å². The number of hydrogen-bond acceptors (Lipinski definition) is 4. The summed E-state index contributed by atoms with van der Waals surface area (Å²) < 4.78 is 7.15. The Bertz CT molecular complexity index is 578. The number of nitrogens with zero attached hydrogens (tertiary/aromatic N) is 2. The fourth-order valence-electron chi connectivity index (χ4n) is 2.51. The lowest BCUT2D eigenvalue weighted by Gasteiger charge is -2.22. The second kappa shape index (κ2) is 7.00. The maximum Gasteiger partial charge on any atom is 0.121 e. The van der Waals surface area contributed by atoms with Crippen LogP contribution in [0.25, 0.3) is 5.69 Å². The number of nitrogens with one attached hydrogen (secondary N) is 1. The highest BCUT2D eigenvalue weighted by Crippen LogP contribution is 2.18. The molecule has 2 heterocycles. The van der Waals surface area contributed by atoms with E-state index in [2.05, 4.69) is 16.6 Å². The Balaban J connectivity index is 1.62. The SMILES string of the molecule is COc1cccc(-n2cc(CNC3CCCSC3)cn2)c1. The van der Waals surface area contributed by atoms with E-state index in [4.69, 9.17) is 4.74 Å². The second-order valence-electron chi connectivity index (χ2n) is 5.29. The van der Waals surface area contributed by atoms with Gasteiger partial charge in [-0.25, -0.2) is 4.68 Å². The molecule has 112 valence electrons. The number of methoxy groups -OCH3 is 1. The summed E-state index contributed by atoms with van der Waals surface area (Å²) in [7, 11) is 1.68. The standard InChI is InChI=1S/C16H21N3OS/c1-20-16-6-2-5-15(8-16)19-11-13(10-18-19)9-17-14-4-3-7-21-12-14/h2,5-6,8,10-11,14,17H,3-4,7,9,12H2,1H3. The fraction of sp³-hybridized carbons (Fsp3) is 0.438. The quantitative estimate of drug-likeness (QED) is 0.922. The lowest BCUT2D eigenvalue weighted by Crippen LogP contribution is -2.33. The minimum atomic E-state index is 0.643. The van der Waals surface area contributed by atoms with Crippen LogP contribution in [0.5, 0.6) is 5.75 Å². The van der Waals surface area contributed by atoms with Crippen LogP contribution >= 0.6 is 11.8 Å². The zero-order valence-electron chi connectivity index (χ0n) is 12.3. The molecule has 1 aliphatic rings. The summed E-state index contributed by atoms with van der Waals surface area (Å²) in [5.41, 5.74) is 2.24. The van der Waals surface area contributed by atoms with Crippen LogP contribution in [0.3, 0.4) is 0 Å². The average Bonchev–Trinajstić information content (AvgIpc) is 3.03. The van der Waals surface area contributed by atoms with Crippen molar-refractivity contribution in [3.8, 4) is 11.4 Å². The average molecular weight is 303 g/mol. The van der Waals surface area contributed by atoms with Crippen LogP contribution in [0.1, 0.15) is 18.4 Å². The van der Waals surface area contributed by atoms with E-state index in [1.54, 1.807) is 7.11 Å². The molecule has 0 radical (unpaired) electrons. The molecule has 1 aliphatic heterocycles. The number of rotatable bonds is 5. The molecule has 0 bridgehead atoms. The summed E-state index contributed by atoms with van der Waals surface area (Å²) in [5, 5.41) is 8.07. The Morgan fingerprint density at radius 1 is 1.48 bits per heavy atom. The van der Waals surface area contributed by atoms with Gasteiger partial charge in [0.25, 0.3) is 0 Å². The van der Waals surface area contributed by atoms with E-state index in [0.717, 1.165) is 18.0 Å². The van der Waals surface area contributed by atoms with Crippen molar-refractivity contribution in [3.63, 3.8) is 0 Å². The van der Waals surface area contributed by atoms with E-state index in [0.29, 0.717) is 6.04 Å². The van der Waals surface area contributed by atoms with Crippen molar-refractivity contribution < 1.29 is 4.74 Å². The van der Waals surface area contributed by atoms with Gasteiger partial charge in [-0.3, -0.25) is 0 Å². The Labute approximate surface area is 129 Å². The molecule has 1 unspecified atom stereocenters. The molecule has 0 amide bonds. The maximum absolute atomic E-state index is 5.25. The molecule has 1 aromatic carbocycles. The third-order valence-electron chi connectivity index (χ3n) is 3.71. The highest BCUT2D eigenvalue weighted by Gasteiger charge is 2.13. The summed E-state index contributed by atoms with van der Waals surface area (Å²) in [5.74, 6) is 3.39. The molecule has 1 atom stereocenters. The summed E-state index contributed by atoms with van der Waals surface area (Å²) in [6.45, 7) is 0.884. The van der Waals surface area contributed by atoms with E-state index >= 15 is 0 Å². The van der Waals surface area contributed by atoms with Crippen LogP contribution in [-0.2, 0) is 6.54 Å². The van der Waals surface area contributed by atoms with Gasteiger partial charge in [0.1, 0.15) is 5.75 Å². The Hall–Kier alpha value is -1.46. The topological polar surface area (TPSA) is 39.1 Å². The molecule has 0 aliphatic carbocycles. The number of thioether (sulfide) groups is 1. The molecule has 0 spiro atoms. The first-order valence-electron chi connectivity index (χ1n) is 7.34. The number of benzene rings is 1. The molecule has 1 N–H and O–H groups in total. The minimum Gasteiger partial charge on any atom is -0.497 e. The van der Waals surface area contributed by atoms with E-state index in [9.17, 15) is 0 Å². The van der Waals surface area contributed by atoms with Crippen LogP contribution in [0.4, 0.5) is 0 Å². The summed E-state index contributed by atoms with van der Waals surface area (Å²) in [6.07, 6.45) is 6.63. The Kier molecular flexibility index (Phi) is 4.83. The third kappa shape index (κ3) is 3.80. The molecule has 0 saturated carbocycles. The van der Waals surface area contributed by atoms with Gasteiger partial charge in [0, 0.05) is 36.2 Å². The molecule has 2 aromatic rings. The largest absolute Gasteiger partial charge is 0.497 e. The van der Waals surface area contributed by atoms with Crippen LogP contribution in [0, 0.1) is 0 Å². The predicted octanol–water partition coefficient (Wildman–Crippen LogP) is 2.87. The van der Waals surface area contributed by atoms with Crippen LogP contribution in [0.15, 0.2) is 36.7 Å². The highest BCUT2D eigenvalue weighted by atomic mass is 32.2. The van der Waals surface area contributed by atoms with Crippen molar-refractivity contribution in [2.75, 3.05) is 18.6 Å². The molecule has 1 fully saturated rings. The zero-order valence-corrected chi connectivity index (χ0v) is 13.1. The fourth-order valence-corrected chi connectivity index (χ4v) is 3.62. The summed E-state index contributed by atoms with van der Waals surface area (Å²) in [6, 6.07) is 8.58. The van der Waals surface area contributed by atoms with Gasteiger partial charge in [-0.2, -0.15) is 16.9 Å². The summed E-state index contributed by atoms with van der Waals surface area (Å²) >= 11 is 2.05. The van der Waals surface area contributed by atoms with Gasteiger partial charge >= 0.3 is 0 Å². The van der Waals surface area contributed by atoms with E-state index in [1.807, 2.05) is 46.9 Å². The minimum absolute atomic E-state index is 0.643. The van der Waals surface area contributed by atoms with Crippen LogP contribution in [0.2, 0.25) is 0 Å². The van der Waals surface area contributed by atoms with Gasteiger partial charge in [-0.1, -0.05) is 6.07 Å². The molecule has 5 heteroatoms. The first-order valence-corrected chi connectivity index (χ1v) is 8.50. The van der Waals surface area contributed by atoms with Crippen molar-refractivity contribution in [1.29, 1.82) is 0 Å². The van der Waals surface area contributed by atoms with Crippen molar-refractivity contribution in [2.45, 2.75) is 25.4 Å². The van der Waals surface area contributed by atoms with Gasteiger partial charge < -0.3 is 10.1 Å². The lowest BCUT2D eigenvalue weighted by atomic mass is 10.2. The van der Waals surface area contributed by atoms with Crippen molar-refractivity contribution in [1.82, 2.24) is 15.1 Å². The van der Waals surface area contributed by atoms with Gasteiger partial charge in [0.2, 0.25) is 0 Å². The molecule has 21 heavy (non-hydrogen) atoms. The molecular formula is C16H21N3OS. The zero-order chi connectivity index (χ0) is 14.5. The lowest BCUT2D eigenvalue weighted by molar-refractivity contribution is 0.414. The normalized spacial score (nSPS) is 18.6.